The van der Waals surface area contributed by atoms with E-state index in [-0.39, 0.29) is 17.6 Å². The van der Waals surface area contributed by atoms with E-state index < -0.39 is 44.3 Å². The molecule has 156 valence electrons. The first-order valence-corrected chi connectivity index (χ1v) is 12.4. The molecule has 2 rings (SSSR count). The quantitative estimate of drug-likeness (QED) is 0.398. The van der Waals surface area contributed by atoms with Crippen molar-refractivity contribution < 1.29 is 33.6 Å². The minimum Gasteiger partial charge on any atom is -0.467 e. The molecular weight excluding hydrogens is 368 g/mol. The molecule has 0 amide bonds. The van der Waals surface area contributed by atoms with Crippen molar-refractivity contribution in [1.29, 1.82) is 0 Å². The van der Waals surface area contributed by atoms with E-state index in [1.165, 1.54) is 13.2 Å². The van der Waals surface area contributed by atoms with Crippen LogP contribution in [0.3, 0.4) is 0 Å². The number of fused-ring (bicyclic) bond motifs is 1. The summed E-state index contributed by atoms with van der Waals surface area (Å²) in [7, 11) is -1.04. The molecule has 0 bridgehead atoms. The van der Waals surface area contributed by atoms with E-state index >= 15 is 0 Å². The van der Waals surface area contributed by atoms with Crippen molar-refractivity contribution >= 4 is 14.3 Å². The number of ether oxygens (including phenoxy) is 3. The first-order chi connectivity index (χ1) is 12.4. The van der Waals surface area contributed by atoms with Crippen LogP contribution in [-0.4, -0.2) is 68.9 Å². The lowest BCUT2D eigenvalue weighted by Crippen LogP contribution is -2.63. The number of carbonyl (C=O) groups excluding carboxylic acids is 1. The predicted molar refractivity (Wildman–Crippen MR) is 103 cm³/mol. The third-order valence-electron chi connectivity index (χ3n) is 6.10. The Morgan fingerprint density at radius 1 is 1.33 bits per heavy atom. The largest absolute Gasteiger partial charge is 0.467 e. The topological polar surface area (TPSA) is 94.5 Å². The molecule has 7 nitrogen and oxygen atoms in total. The van der Waals surface area contributed by atoms with Gasteiger partial charge in [-0.05, 0) is 31.1 Å². The normalized spacial score (nSPS) is 36.6. The van der Waals surface area contributed by atoms with E-state index in [0.717, 1.165) is 0 Å². The van der Waals surface area contributed by atoms with Crippen LogP contribution in [0.2, 0.25) is 18.1 Å². The molecule has 0 saturated carbocycles. The van der Waals surface area contributed by atoms with Crippen molar-refractivity contribution in [3.8, 4) is 0 Å². The summed E-state index contributed by atoms with van der Waals surface area (Å²) in [4.78, 5) is 12.4. The van der Waals surface area contributed by atoms with Crippen molar-refractivity contribution in [3.63, 3.8) is 0 Å². The average Bonchev–Trinajstić information content (AvgIpc) is 2.94. The molecule has 6 atom stereocenters. The highest BCUT2D eigenvalue weighted by Gasteiger charge is 2.61. The number of aliphatic hydroxyl groups excluding tert-OH is 1. The van der Waals surface area contributed by atoms with Gasteiger partial charge in [-0.2, -0.15) is 0 Å². The fourth-order valence-corrected chi connectivity index (χ4v) is 4.91. The fourth-order valence-electron chi connectivity index (χ4n) is 3.58. The maximum absolute atomic E-state index is 12.4. The zero-order chi connectivity index (χ0) is 20.6. The third-order valence-corrected chi connectivity index (χ3v) is 10.6. The monoisotopic (exact) mass is 402 g/mol. The van der Waals surface area contributed by atoms with Gasteiger partial charge in [0.2, 0.25) is 0 Å². The Morgan fingerprint density at radius 3 is 2.44 bits per heavy atom. The maximum atomic E-state index is 12.4. The molecule has 1 saturated heterocycles. The van der Waals surface area contributed by atoms with Gasteiger partial charge in [0, 0.05) is 18.4 Å². The minimum absolute atomic E-state index is 0.0886. The van der Waals surface area contributed by atoms with Crippen LogP contribution in [0.1, 0.15) is 27.7 Å². The summed E-state index contributed by atoms with van der Waals surface area (Å²) < 4.78 is 23.1. The van der Waals surface area contributed by atoms with E-state index in [4.69, 9.17) is 18.6 Å². The molecule has 2 aliphatic rings. The van der Waals surface area contributed by atoms with Crippen molar-refractivity contribution in [1.82, 2.24) is 0 Å². The van der Waals surface area contributed by atoms with Gasteiger partial charge in [0.05, 0.1) is 19.8 Å². The average molecular weight is 403 g/mol. The Morgan fingerprint density at radius 2 is 1.96 bits per heavy atom. The summed E-state index contributed by atoms with van der Waals surface area (Å²) in [6.07, 6.45) is 1.12. The Hall–Kier alpha value is -0.773. The van der Waals surface area contributed by atoms with Gasteiger partial charge >= 0.3 is 5.97 Å². The fraction of sp³-hybridized carbons (Fsp3) is 0.842. The molecule has 27 heavy (non-hydrogen) atoms. The van der Waals surface area contributed by atoms with E-state index in [9.17, 15) is 15.0 Å². The number of esters is 1. The van der Waals surface area contributed by atoms with Crippen molar-refractivity contribution in [3.05, 3.63) is 12.2 Å². The lowest BCUT2D eigenvalue weighted by Gasteiger charge is -2.50. The standard InChI is InChI=1S/C19H34O7Si/c1-8-24-16-12-9-10-19(22,17(21)23-5)14(12)15(13(11-20)25-16)26-27(6,7)18(2,3)4/h9-10,12-16,20,22H,8,11H2,1-7H3/t12-,13+,14+,15-,16-,19-/m0/s1. The molecule has 0 spiro atoms. The zero-order valence-corrected chi connectivity index (χ0v) is 18.4. The molecule has 1 aliphatic heterocycles. The molecular formula is C19H34O7Si. The summed E-state index contributed by atoms with van der Waals surface area (Å²) in [5.41, 5.74) is -1.85. The van der Waals surface area contributed by atoms with Gasteiger partial charge in [-0.1, -0.05) is 26.8 Å². The molecule has 0 unspecified atom stereocenters. The zero-order valence-electron chi connectivity index (χ0n) is 17.4. The minimum atomic E-state index is -2.28. The lowest BCUT2D eigenvalue weighted by atomic mass is 9.76. The second-order valence-electron chi connectivity index (χ2n) is 8.80. The Kier molecular flexibility index (Phi) is 6.61. The number of hydrogen-bond donors (Lipinski definition) is 2. The Balaban J connectivity index is 2.47. The second kappa shape index (κ2) is 7.92. The highest BCUT2D eigenvalue weighted by molar-refractivity contribution is 6.74. The van der Waals surface area contributed by atoms with Gasteiger partial charge in [0.15, 0.2) is 20.2 Å². The van der Waals surface area contributed by atoms with Crippen LogP contribution in [0, 0.1) is 11.8 Å². The third kappa shape index (κ3) is 4.01. The van der Waals surface area contributed by atoms with Crippen LogP contribution in [0.4, 0.5) is 0 Å². The molecule has 0 aromatic carbocycles. The second-order valence-corrected chi connectivity index (χ2v) is 13.6. The number of carbonyl (C=O) groups is 1. The van der Waals surface area contributed by atoms with Crippen LogP contribution in [0.15, 0.2) is 12.2 Å². The molecule has 0 aromatic rings. The highest BCUT2D eigenvalue weighted by atomic mass is 28.4. The summed E-state index contributed by atoms with van der Waals surface area (Å²) in [5.74, 6) is -1.79. The van der Waals surface area contributed by atoms with E-state index in [1.807, 2.05) is 6.92 Å². The molecule has 0 radical (unpaired) electrons. The number of methoxy groups -OCH3 is 1. The van der Waals surface area contributed by atoms with Gasteiger partial charge in [0.25, 0.3) is 0 Å². The summed E-state index contributed by atoms with van der Waals surface area (Å²) in [6, 6.07) is 0. The van der Waals surface area contributed by atoms with Crippen LogP contribution in [0.25, 0.3) is 0 Å². The molecule has 1 aliphatic carbocycles. The summed E-state index contributed by atoms with van der Waals surface area (Å²) in [6.45, 7) is 12.4. The molecule has 1 fully saturated rings. The van der Waals surface area contributed by atoms with Gasteiger partial charge in [-0.15, -0.1) is 0 Å². The van der Waals surface area contributed by atoms with Gasteiger partial charge in [0.1, 0.15) is 6.10 Å². The smallest absolute Gasteiger partial charge is 0.342 e. The number of aliphatic hydroxyl groups is 2. The predicted octanol–water partition coefficient (Wildman–Crippen LogP) is 1.84. The van der Waals surface area contributed by atoms with Crippen LogP contribution < -0.4 is 0 Å². The van der Waals surface area contributed by atoms with E-state index in [2.05, 4.69) is 33.9 Å². The lowest BCUT2D eigenvalue weighted by molar-refractivity contribution is -0.273. The van der Waals surface area contributed by atoms with Crippen molar-refractivity contribution in [2.45, 2.75) is 69.9 Å². The summed E-state index contributed by atoms with van der Waals surface area (Å²) in [5, 5.41) is 21.1. The van der Waals surface area contributed by atoms with Crippen molar-refractivity contribution in [2.75, 3.05) is 20.3 Å². The van der Waals surface area contributed by atoms with E-state index in [1.54, 1.807) is 6.08 Å². The number of rotatable bonds is 6. The highest BCUT2D eigenvalue weighted by Crippen LogP contribution is 2.49. The van der Waals surface area contributed by atoms with Crippen LogP contribution in [0.5, 0.6) is 0 Å². The van der Waals surface area contributed by atoms with Gasteiger partial charge < -0.3 is 28.8 Å². The first-order valence-electron chi connectivity index (χ1n) is 9.48. The molecule has 2 N–H and O–H groups in total. The van der Waals surface area contributed by atoms with Gasteiger partial charge in [-0.25, -0.2) is 4.79 Å². The molecule has 0 aromatic heterocycles. The van der Waals surface area contributed by atoms with Crippen LogP contribution in [-0.2, 0) is 23.4 Å². The maximum Gasteiger partial charge on any atom is 0.342 e. The van der Waals surface area contributed by atoms with Crippen molar-refractivity contribution in [2.24, 2.45) is 11.8 Å². The summed E-state index contributed by atoms with van der Waals surface area (Å²) >= 11 is 0. The number of hydrogen-bond acceptors (Lipinski definition) is 7. The first kappa shape index (κ1) is 22.5. The molecule has 8 heteroatoms. The Bertz CT molecular complexity index is 571. The molecule has 1 heterocycles. The SMILES string of the molecule is CCO[C@H]1O[C@H](CO)[C@H](O[Si](C)(C)C(C)(C)C)[C@H]2[C@@H]1C=C[C@@]2(O)C(=O)OC. The van der Waals surface area contributed by atoms with Crippen LogP contribution >= 0.6 is 0 Å². The van der Waals surface area contributed by atoms with Gasteiger partial charge in [-0.3, -0.25) is 0 Å². The van der Waals surface area contributed by atoms with E-state index in [0.29, 0.717) is 6.61 Å². The Labute approximate surface area is 162 Å².